The monoisotopic (exact) mass is 581 g/mol. The Morgan fingerprint density at radius 3 is 1.73 bits per heavy atom. The van der Waals surface area contributed by atoms with Gasteiger partial charge in [-0.3, -0.25) is 0 Å². The van der Waals surface area contributed by atoms with Crippen LogP contribution in [0.4, 0.5) is 10.1 Å². The van der Waals surface area contributed by atoms with E-state index in [-0.39, 0.29) is 5.82 Å². The lowest BCUT2D eigenvalue weighted by molar-refractivity contribution is 0.601. The van der Waals surface area contributed by atoms with Gasteiger partial charge in [0.1, 0.15) is 17.1 Å². The van der Waals surface area contributed by atoms with Crippen LogP contribution in [0.3, 0.4) is 0 Å². The van der Waals surface area contributed by atoms with Crippen LogP contribution in [0.25, 0.3) is 60.0 Å². The van der Waals surface area contributed by atoms with E-state index in [0.29, 0.717) is 22.6 Å². The predicted octanol–water partition coefficient (Wildman–Crippen LogP) is 11.9. The lowest BCUT2D eigenvalue weighted by Crippen LogP contribution is -1.93. The van der Waals surface area contributed by atoms with Crippen LogP contribution in [0.1, 0.15) is 23.8 Å². The van der Waals surface area contributed by atoms with Crippen LogP contribution in [0.15, 0.2) is 156 Å². The van der Waals surface area contributed by atoms with E-state index in [0.717, 1.165) is 65.7 Å². The average Bonchev–Trinajstić information content (AvgIpc) is 3.45. The van der Waals surface area contributed by atoms with Crippen molar-refractivity contribution < 1.29 is 8.81 Å². The van der Waals surface area contributed by atoms with Crippen molar-refractivity contribution in [3.8, 4) is 11.1 Å². The van der Waals surface area contributed by atoms with Gasteiger partial charge in [-0.1, -0.05) is 122 Å². The molecular formula is C42H28FNO. The van der Waals surface area contributed by atoms with E-state index in [2.05, 4.69) is 36.9 Å². The van der Waals surface area contributed by atoms with Gasteiger partial charge >= 0.3 is 0 Å². The van der Waals surface area contributed by atoms with Gasteiger partial charge in [0.25, 0.3) is 0 Å². The van der Waals surface area contributed by atoms with Gasteiger partial charge in [-0.15, -0.1) is 0 Å². The Morgan fingerprint density at radius 2 is 1.11 bits per heavy atom. The minimum Gasteiger partial charge on any atom is -0.454 e. The molecule has 1 heterocycles. The highest BCUT2D eigenvalue weighted by atomic mass is 19.1. The molecule has 0 aliphatic carbocycles. The van der Waals surface area contributed by atoms with Crippen LogP contribution in [-0.2, 0) is 0 Å². The minimum absolute atomic E-state index is 0.277. The third-order valence-electron chi connectivity index (χ3n) is 8.67. The number of furan rings is 1. The summed E-state index contributed by atoms with van der Waals surface area (Å²) < 4.78 is 22.6. The fourth-order valence-electron chi connectivity index (χ4n) is 6.39. The number of benzene rings is 7. The number of hydrogen-bond acceptors (Lipinski definition) is 2. The lowest BCUT2D eigenvalue weighted by atomic mass is 9.91. The fourth-order valence-corrected chi connectivity index (χ4v) is 6.39. The van der Waals surface area contributed by atoms with E-state index in [4.69, 9.17) is 9.41 Å². The van der Waals surface area contributed by atoms with Crippen LogP contribution in [0.5, 0.6) is 0 Å². The second kappa shape index (κ2) is 10.7. The SMILES string of the molecule is C=C(c1ccccc1)c1oc2cc(-c3cc4c5ccccc5c5ccccc5c4cc3F)ccc2c1N=C(C)c1ccccc1. The molecule has 0 bridgehead atoms. The van der Waals surface area contributed by atoms with Crippen LogP contribution in [0.2, 0.25) is 0 Å². The van der Waals surface area contributed by atoms with Crippen LogP contribution in [-0.4, -0.2) is 5.71 Å². The molecule has 45 heavy (non-hydrogen) atoms. The third-order valence-corrected chi connectivity index (χ3v) is 8.67. The second-order valence-corrected chi connectivity index (χ2v) is 11.4. The summed E-state index contributed by atoms with van der Waals surface area (Å²) in [5.41, 5.74) is 6.18. The van der Waals surface area contributed by atoms with Crippen molar-refractivity contribution in [3.63, 3.8) is 0 Å². The van der Waals surface area contributed by atoms with E-state index in [1.54, 1.807) is 6.07 Å². The van der Waals surface area contributed by atoms with Crippen LogP contribution < -0.4 is 0 Å². The predicted molar refractivity (Wildman–Crippen MR) is 187 cm³/mol. The Morgan fingerprint density at radius 1 is 0.578 bits per heavy atom. The Hall–Kier alpha value is -5.80. The maximum absolute atomic E-state index is 16.1. The number of halogens is 1. The van der Waals surface area contributed by atoms with Crippen LogP contribution in [0, 0.1) is 5.82 Å². The molecule has 0 spiro atoms. The molecule has 0 radical (unpaired) electrons. The van der Waals surface area contributed by atoms with E-state index in [9.17, 15) is 0 Å². The lowest BCUT2D eigenvalue weighted by Gasteiger charge is -2.13. The normalized spacial score (nSPS) is 12.0. The first-order valence-electron chi connectivity index (χ1n) is 15.0. The highest BCUT2D eigenvalue weighted by Crippen LogP contribution is 2.43. The number of nitrogens with zero attached hydrogens (tertiary/aromatic N) is 1. The van der Waals surface area contributed by atoms with E-state index in [1.807, 2.05) is 110 Å². The number of rotatable bonds is 5. The Bertz CT molecular complexity index is 2450. The smallest absolute Gasteiger partial charge is 0.161 e. The summed E-state index contributed by atoms with van der Waals surface area (Å²) in [6, 6.07) is 46.1. The molecule has 0 aliphatic rings. The molecule has 8 aromatic rings. The van der Waals surface area contributed by atoms with Gasteiger partial charge in [-0.2, -0.15) is 0 Å². The van der Waals surface area contributed by atoms with Crippen molar-refractivity contribution in [2.75, 3.05) is 0 Å². The number of fused-ring (bicyclic) bond motifs is 7. The summed E-state index contributed by atoms with van der Waals surface area (Å²) >= 11 is 0. The maximum atomic E-state index is 16.1. The summed E-state index contributed by atoms with van der Waals surface area (Å²) in [6.45, 7) is 6.39. The molecular weight excluding hydrogens is 553 g/mol. The van der Waals surface area contributed by atoms with Crippen molar-refractivity contribution in [2.24, 2.45) is 4.99 Å². The molecule has 0 saturated heterocycles. The molecule has 0 atom stereocenters. The number of hydrogen-bond donors (Lipinski definition) is 0. The average molecular weight is 582 g/mol. The van der Waals surface area contributed by atoms with Gasteiger partial charge in [0, 0.05) is 22.2 Å². The van der Waals surface area contributed by atoms with Crippen molar-refractivity contribution in [1.82, 2.24) is 0 Å². The van der Waals surface area contributed by atoms with Gasteiger partial charge in [0.2, 0.25) is 0 Å². The Balaban J connectivity index is 1.34. The van der Waals surface area contributed by atoms with Crippen molar-refractivity contribution in [1.29, 1.82) is 0 Å². The molecule has 1 aromatic heterocycles. The first kappa shape index (κ1) is 26.8. The quantitative estimate of drug-likeness (QED) is 0.147. The zero-order valence-corrected chi connectivity index (χ0v) is 24.7. The van der Waals surface area contributed by atoms with Gasteiger partial charge in [-0.25, -0.2) is 9.38 Å². The highest BCUT2D eigenvalue weighted by Gasteiger charge is 2.20. The molecule has 214 valence electrons. The van der Waals surface area contributed by atoms with Gasteiger partial charge in [0.15, 0.2) is 5.76 Å². The molecule has 3 heteroatoms. The summed E-state index contributed by atoms with van der Waals surface area (Å²) in [6.07, 6.45) is 0. The Kier molecular flexibility index (Phi) is 6.39. The van der Waals surface area contributed by atoms with E-state index < -0.39 is 0 Å². The van der Waals surface area contributed by atoms with Crippen molar-refractivity contribution >= 4 is 60.3 Å². The molecule has 7 aromatic carbocycles. The summed E-state index contributed by atoms with van der Waals surface area (Å²) in [5, 5.41) is 7.18. The van der Waals surface area contributed by atoms with E-state index in [1.165, 1.54) is 0 Å². The first-order valence-corrected chi connectivity index (χ1v) is 15.0. The summed E-state index contributed by atoms with van der Waals surface area (Å²) in [5.74, 6) is 0.320. The molecule has 0 aliphatic heterocycles. The molecule has 0 unspecified atom stereocenters. The summed E-state index contributed by atoms with van der Waals surface area (Å²) in [7, 11) is 0. The summed E-state index contributed by atoms with van der Waals surface area (Å²) in [4.78, 5) is 5.08. The zero-order chi connectivity index (χ0) is 30.5. The van der Waals surface area contributed by atoms with Gasteiger partial charge in [-0.05, 0) is 80.2 Å². The fraction of sp³-hybridized carbons (Fsp3) is 0.0238. The van der Waals surface area contributed by atoms with Crippen LogP contribution >= 0.6 is 0 Å². The third kappa shape index (κ3) is 4.52. The number of aliphatic imine (C=N–C) groups is 1. The largest absolute Gasteiger partial charge is 0.454 e. The standard InChI is InChI=1S/C42H28FNO/c1-26(28-13-5-3-6-14-28)42-41(44-27(2)29-15-7-4-8-16-29)35-22-21-30(23-40(35)45-42)36-24-37-33-19-11-9-17-31(33)32-18-10-12-20-34(32)38(37)25-39(36)43/h3-25H,1H2,2H3. The molecule has 0 amide bonds. The van der Waals surface area contributed by atoms with Crippen molar-refractivity contribution in [3.05, 3.63) is 169 Å². The van der Waals surface area contributed by atoms with Gasteiger partial charge in [0.05, 0.1) is 0 Å². The molecule has 0 N–H and O–H groups in total. The second-order valence-electron chi connectivity index (χ2n) is 11.4. The zero-order valence-electron chi connectivity index (χ0n) is 24.7. The van der Waals surface area contributed by atoms with Crippen molar-refractivity contribution in [2.45, 2.75) is 6.92 Å². The first-order chi connectivity index (χ1) is 22.1. The Labute approximate surface area is 260 Å². The van der Waals surface area contributed by atoms with Gasteiger partial charge < -0.3 is 4.42 Å². The molecule has 0 fully saturated rings. The maximum Gasteiger partial charge on any atom is 0.161 e. The molecule has 0 saturated carbocycles. The minimum atomic E-state index is -0.277. The topological polar surface area (TPSA) is 25.5 Å². The molecule has 8 rings (SSSR count). The highest BCUT2D eigenvalue weighted by molar-refractivity contribution is 6.25. The molecule has 2 nitrogen and oxygen atoms in total. The van der Waals surface area contributed by atoms with E-state index >= 15 is 4.39 Å².